The van der Waals surface area contributed by atoms with Crippen molar-refractivity contribution in [1.82, 2.24) is 10.1 Å². The van der Waals surface area contributed by atoms with Gasteiger partial charge in [0.25, 0.3) is 0 Å². The predicted molar refractivity (Wildman–Crippen MR) is 99.2 cm³/mol. The minimum absolute atomic E-state index is 0.0869. The highest BCUT2D eigenvalue weighted by atomic mass is 16.5. The summed E-state index contributed by atoms with van der Waals surface area (Å²) in [5.74, 6) is 1.55. The van der Waals surface area contributed by atoms with Gasteiger partial charge in [-0.15, -0.1) is 0 Å². The molecule has 2 aromatic carbocycles. The first-order valence-corrected chi connectivity index (χ1v) is 8.38. The number of nitrogens with one attached hydrogen (secondary N) is 1. The maximum Gasteiger partial charge on any atom is 0.227 e. The fourth-order valence-corrected chi connectivity index (χ4v) is 2.73. The summed E-state index contributed by atoms with van der Waals surface area (Å²) in [7, 11) is 1.61. The van der Waals surface area contributed by atoms with Gasteiger partial charge in [0.2, 0.25) is 17.6 Å². The third kappa shape index (κ3) is 4.47. The molecule has 1 aromatic heterocycles. The molecular weight excluding hydrogens is 330 g/mol. The summed E-state index contributed by atoms with van der Waals surface area (Å²) in [5, 5.41) is 6.88. The third-order valence-corrected chi connectivity index (χ3v) is 3.87. The average molecular weight is 351 g/mol. The molecule has 0 aliphatic rings. The van der Waals surface area contributed by atoms with Crippen LogP contribution in [0.2, 0.25) is 0 Å². The van der Waals surface area contributed by atoms with Gasteiger partial charge in [-0.3, -0.25) is 4.79 Å². The second-order valence-electron chi connectivity index (χ2n) is 6.17. The van der Waals surface area contributed by atoms with E-state index in [4.69, 9.17) is 9.26 Å². The van der Waals surface area contributed by atoms with Crippen molar-refractivity contribution in [3.05, 3.63) is 59.5 Å². The second kappa shape index (κ2) is 7.82. The molecule has 0 radical (unpaired) electrons. The third-order valence-electron chi connectivity index (χ3n) is 3.87. The van der Waals surface area contributed by atoms with Crippen LogP contribution in [-0.4, -0.2) is 23.2 Å². The van der Waals surface area contributed by atoms with Crippen molar-refractivity contribution in [2.75, 3.05) is 12.4 Å². The van der Waals surface area contributed by atoms with Crippen LogP contribution in [-0.2, 0) is 11.2 Å². The first kappa shape index (κ1) is 17.7. The van der Waals surface area contributed by atoms with Crippen molar-refractivity contribution >= 4 is 11.6 Å². The van der Waals surface area contributed by atoms with Gasteiger partial charge < -0.3 is 14.6 Å². The zero-order valence-corrected chi connectivity index (χ0v) is 15.1. The van der Waals surface area contributed by atoms with Crippen LogP contribution in [0, 0.1) is 13.8 Å². The largest absolute Gasteiger partial charge is 0.497 e. The zero-order valence-electron chi connectivity index (χ0n) is 15.1. The van der Waals surface area contributed by atoms with Crippen molar-refractivity contribution in [3.8, 4) is 17.1 Å². The number of rotatable bonds is 6. The summed E-state index contributed by atoms with van der Waals surface area (Å²) in [5.41, 5.74) is 3.83. The number of hydrogen-bond acceptors (Lipinski definition) is 5. The van der Waals surface area contributed by atoms with E-state index >= 15 is 0 Å². The van der Waals surface area contributed by atoms with Crippen LogP contribution < -0.4 is 10.1 Å². The lowest BCUT2D eigenvalue weighted by Crippen LogP contribution is -2.12. The van der Waals surface area contributed by atoms with Crippen LogP contribution in [0.25, 0.3) is 11.4 Å². The highest BCUT2D eigenvalue weighted by Crippen LogP contribution is 2.21. The number of carbonyl (C=O) groups excluding carboxylic acids is 1. The van der Waals surface area contributed by atoms with E-state index in [1.807, 2.05) is 50.2 Å². The fourth-order valence-electron chi connectivity index (χ4n) is 2.73. The lowest BCUT2D eigenvalue weighted by atomic mass is 10.1. The maximum absolute atomic E-state index is 12.2. The van der Waals surface area contributed by atoms with E-state index in [0.717, 1.165) is 28.1 Å². The monoisotopic (exact) mass is 351 g/mol. The summed E-state index contributed by atoms with van der Waals surface area (Å²) in [6, 6.07) is 13.4. The van der Waals surface area contributed by atoms with Crippen molar-refractivity contribution in [3.63, 3.8) is 0 Å². The summed E-state index contributed by atoms with van der Waals surface area (Å²) in [4.78, 5) is 16.5. The summed E-state index contributed by atoms with van der Waals surface area (Å²) >= 11 is 0. The van der Waals surface area contributed by atoms with Crippen LogP contribution in [0.3, 0.4) is 0 Å². The van der Waals surface area contributed by atoms with E-state index < -0.39 is 0 Å². The topological polar surface area (TPSA) is 77.2 Å². The standard InChI is InChI=1S/C20H21N3O3/c1-13-9-14(2)11-16(10-13)21-18(24)7-8-19-22-20(23-26-19)15-5-4-6-17(12-15)25-3/h4-6,9-12H,7-8H2,1-3H3,(H,21,24). The molecular formula is C20H21N3O3. The van der Waals surface area contributed by atoms with E-state index in [9.17, 15) is 4.79 Å². The fraction of sp³-hybridized carbons (Fsp3) is 0.250. The maximum atomic E-state index is 12.2. The number of nitrogens with zero attached hydrogens (tertiary/aromatic N) is 2. The molecule has 0 atom stereocenters. The average Bonchev–Trinajstić information content (AvgIpc) is 3.08. The van der Waals surface area contributed by atoms with Gasteiger partial charge in [0.05, 0.1) is 7.11 Å². The first-order valence-electron chi connectivity index (χ1n) is 8.38. The van der Waals surface area contributed by atoms with Crippen molar-refractivity contribution in [2.45, 2.75) is 26.7 Å². The smallest absolute Gasteiger partial charge is 0.227 e. The van der Waals surface area contributed by atoms with Crippen molar-refractivity contribution in [2.24, 2.45) is 0 Å². The molecule has 1 heterocycles. The minimum Gasteiger partial charge on any atom is -0.497 e. The number of methoxy groups -OCH3 is 1. The molecule has 0 unspecified atom stereocenters. The number of ether oxygens (including phenoxy) is 1. The van der Waals surface area contributed by atoms with E-state index in [0.29, 0.717) is 18.1 Å². The van der Waals surface area contributed by atoms with Gasteiger partial charge >= 0.3 is 0 Å². The SMILES string of the molecule is COc1cccc(-c2noc(CCC(=O)Nc3cc(C)cc(C)c3)n2)c1. The second-order valence-corrected chi connectivity index (χ2v) is 6.17. The molecule has 26 heavy (non-hydrogen) atoms. The molecule has 0 spiro atoms. The van der Waals surface area contributed by atoms with Crippen LogP contribution in [0.15, 0.2) is 47.0 Å². The number of anilines is 1. The molecule has 6 nitrogen and oxygen atoms in total. The van der Waals surface area contributed by atoms with Crippen LogP contribution in [0.4, 0.5) is 5.69 Å². The Bertz CT molecular complexity index is 898. The highest BCUT2D eigenvalue weighted by Gasteiger charge is 2.11. The molecule has 6 heteroatoms. The van der Waals surface area contributed by atoms with Crippen LogP contribution in [0.5, 0.6) is 5.75 Å². The van der Waals surface area contributed by atoms with Gasteiger partial charge in [0.1, 0.15) is 5.75 Å². The van der Waals surface area contributed by atoms with Crippen molar-refractivity contribution < 1.29 is 14.1 Å². The Labute approximate surface area is 152 Å². The Morgan fingerprint density at radius 3 is 2.65 bits per heavy atom. The van der Waals surface area contributed by atoms with E-state index in [1.165, 1.54) is 0 Å². The van der Waals surface area contributed by atoms with Crippen LogP contribution in [0.1, 0.15) is 23.4 Å². The van der Waals surface area contributed by atoms with Gasteiger partial charge in [0, 0.05) is 24.1 Å². The molecule has 0 fully saturated rings. The number of amides is 1. The number of aryl methyl sites for hydroxylation is 3. The molecule has 0 saturated carbocycles. The Morgan fingerprint density at radius 2 is 1.92 bits per heavy atom. The van der Waals surface area contributed by atoms with Gasteiger partial charge in [-0.1, -0.05) is 23.4 Å². The predicted octanol–water partition coefficient (Wildman–Crippen LogP) is 3.93. The minimum atomic E-state index is -0.0869. The quantitative estimate of drug-likeness (QED) is 0.728. The molecule has 0 aliphatic heterocycles. The van der Waals surface area contributed by atoms with Gasteiger partial charge in [0.15, 0.2) is 0 Å². The number of aromatic nitrogens is 2. The molecule has 0 saturated heterocycles. The Morgan fingerprint density at radius 1 is 1.15 bits per heavy atom. The van der Waals surface area contributed by atoms with Crippen LogP contribution >= 0.6 is 0 Å². The molecule has 3 aromatic rings. The Balaban J connectivity index is 1.59. The molecule has 134 valence electrons. The van der Waals surface area contributed by atoms with Crippen molar-refractivity contribution in [1.29, 1.82) is 0 Å². The van der Waals surface area contributed by atoms with Gasteiger partial charge in [-0.2, -0.15) is 4.98 Å². The van der Waals surface area contributed by atoms with Gasteiger partial charge in [-0.25, -0.2) is 0 Å². The number of carbonyl (C=O) groups is 1. The molecule has 0 bridgehead atoms. The number of benzene rings is 2. The summed E-state index contributed by atoms with van der Waals surface area (Å²) in [6.07, 6.45) is 0.653. The molecule has 0 aliphatic carbocycles. The highest BCUT2D eigenvalue weighted by molar-refractivity contribution is 5.90. The zero-order chi connectivity index (χ0) is 18.5. The van der Waals surface area contributed by atoms with E-state index in [2.05, 4.69) is 21.5 Å². The van der Waals surface area contributed by atoms with E-state index in [-0.39, 0.29) is 12.3 Å². The molecule has 1 amide bonds. The van der Waals surface area contributed by atoms with E-state index in [1.54, 1.807) is 7.11 Å². The summed E-state index contributed by atoms with van der Waals surface area (Å²) in [6.45, 7) is 4.00. The summed E-state index contributed by atoms with van der Waals surface area (Å²) < 4.78 is 10.4. The lowest BCUT2D eigenvalue weighted by molar-refractivity contribution is -0.116. The normalized spacial score (nSPS) is 10.6. The molecule has 3 rings (SSSR count). The van der Waals surface area contributed by atoms with Gasteiger partial charge in [-0.05, 0) is 49.2 Å². The lowest BCUT2D eigenvalue weighted by Gasteiger charge is -2.06. The molecule has 1 N–H and O–H groups in total. The first-order chi connectivity index (χ1) is 12.5. The Hall–Kier alpha value is -3.15. The Kier molecular flexibility index (Phi) is 5.31. The number of hydrogen-bond donors (Lipinski definition) is 1.